The number of thiazole rings is 1. The van der Waals surface area contributed by atoms with E-state index in [4.69, 9.17) is 11.6 Å². The van der Waals surface area contributed by atoms with Crippen molar-refractivity contribution in [3.8, 4) is 11.3 Å². The quantitative estimate of drug-likeness (QED) is 0.658. The van der Waals surface area contributed by atoms with E-state index in [9.17, 15) is 14.4 Å². The molecular formula is C20H14ClN3O3S. The summed E-state index contributed by atoms with van der Waals surface area (Å²) in [6.07, 6.45) is 0. The van der Waals surface area contributed by atoms with Crippen LogP contribution in [0.4, 0.5) is 5.13 Å². The van der Waals surface area contributed by atoms with E-state index in [1.54, 1.807) is 29.6 Å². The lowest BCUT2D eigenvalue weighted by Crippen LogP contribution is -2.37. The summed E-state index contributed by atoms with van der Waals surface area (Å²) in [5.41, 5.74) is 2.92. The molecule has 2 heterocycles. The van der Waals surface area contributed by atoms with Crippen LogP contribution in [0.2, 0.25) is 5.02 Å². The Morgan fingerprint density at radius 2 is 1.86 bits per heavy atom. The smallest absolute Gasteiger partial charge is 0.262 e. The number of aromatic nitrogens is 1. The van der Waals surface area contributed by atoms with Crippen molar-refractivity contribution < 1.29 is 14.4 Å². The number of nitrogens with one attached hydrogen (secondary N) is 1. The average Bonchev–Trinajstić information content (AvgIpc) is 3.21. The van der Waals surface area contributed by atoms with Crippen molar-refractivity contribution in [1.29, 1.82) is 0 Å². The van der Waals surface area contributed by atoms with E-state index < -0.39 is 17.7 Å². The predicted molar refractivity (Wildman–Crippen MR) is 108 cm³/mol. The van der Waals surface area contributed by atoms with Crippen LogP contribution in [0.5, 0.6) is 0 Å². The first kappa shape index (κ1) is 18.3. The van der Waals surface area contributed by atoms with Gasteiger partial charge in [0.2, 0.25) is 5.91 Å². The van der Waals surface area contributed by atoms with Crippen molar-refractivity contribution in [2.24, 2.45) is 0 Å². The van der Waals surface area contributed by atoms with Crippen LogP contribution in [-0.2, 0) is 4.79 Å². The maximum Gasteiger partial charge on any atom is 0.262 e. The largest absolute Gasteiger partial charge is 0.300 e. The summed E-state index contributed by atoms with van der Waals surface area (Å²) in [5.74, 6) is -1.42. The molecule has 1 aliphatic rings. The van der Waals surface area contributed by atoms with Crippen LogP contribution in [0, 0.1) is 6.92 Å². The maximum absolute atomic E-state index is 12.5. The second-order valence-electron chi connectivity index (χ2n) is 6.31. The van der Waals surface area contributed by atoms with Gasteiger partial charge in [-0.3, -0.25) is 19.3 Å². The van der Waals surface area contributed by atoms with Crippen molar-refractivity contribution in [1.82, 2.24) is 9.88 Å². The number of hydrogen-bond acceptors (Lipinski definition) is 5. The molecule has 0 fully saturated rings. The minimum Gasteiger partial charge on any atom is -0.300 e. The molecule has 1 aliphatic heterocycles. The molecule has 28 heavy (non-hydrogen) atoms. The van der Waals surface area contributed by atoms with Crippen molar-refractivity contribution in [3.05, 3.63) is 69.6 Å². The predicted octanol–water partition coefficient (Wildman–Crippen LogP) is 4.01. The molecule has 3 aromatic rings. The molecule has 1 N–H and O–H groups in total. The van der Waals surface area contributed by atoms with E-state index in [1.165, 1.54) is 11.3 Å². The number of halogens is 1. The average molecular weight is 412 g/mol. The highest BCUT2D eigenvalue weighted by atomic mass is 35.5. The van der Waals surface area contributed by atoms with Gasteiger partial charge in [-0.25, -0.2) is 4.98 Å². The van der Waals surface area contributed by atoms with Gasteiger partial charge in [-0.15, -0.1) is 11.3 Å². The lowest BCUT2D eigenvalue weighted by atomic mass is 10.1. The third-order valence-corrected chi connectivity index (χ3v) is 5.42. The van der Waals surface area contributed by atoms with E-state index in [-0.39, 0.29) is 6.54 Å². The number of rotatable bonds is 4. The molecule has 0 bridgehead atoms. The fourth-order valence-electron chi connectivity index (χ4n) is 2.97. The molecule has 140 valence electrons. The number of carbonyl (C=O) groups excluding carboxylic acids is 3. The summed E-state index contributed by atoms with van der Waals surface area (Å²) < 4.78 is 0. The number of nitrogens with zero attached hydrogens (tertiary/aromatic N) is 2. The van der Waals surface area contributed by atoms with E-state index in [0.29, 0.717) is 27.0 Å². The summed E-state index contributed by atoms with van der Waals surface area (Å²) in [6, 6.07) is 12.3. The lowest BCUT2D eigenvalue weighted by Gasteiger charge is -2.12. The Hall–Kier alpha value is -3.03. The number of carbonyl (C=O) groups is 3. The number of benzene rings is 2. The molecule has 0 unspecified atom stereocenters. The molecule has 0 aliphatic carbocycles. The van der Waals surface area contributed by atoms with Gasteiger partial charge in [0.25, 0.3) is 11.8 Å². The minimum atomic E-state index is -0.494. The first-order valence-electron chi connectivity index (χ1n) is 8.41. The molecule has 0 saturated heterocycles. The van der Waals surface area contributed by atoms with Gasteiger partial charge in [-0.2, -0.15) is 0 Å². The molecule has 8 heteroatoms. The van der Waals surface area contributed by atoms with Crippen LogP contribution in [0.1, 0.15) is 26.3 Å². The van der Waals surface area contributed by atoms with Crippen molar-refractivity contribution in [2.75, 3.05) is 11.9 Å². The number of anilines is 1. The van der Waals surface area contributed by atoms with Gasteiger partial charge in [-0.1, -0.05) is 41.4 Å². The zero-order chi connectivity index (χ0) is 19.8. The molecule has 0 spiro atoms. The number of hydrogen-bond donors (Lipinski definition) is 1. The highest BCUT2D eigenvalue weighted by Crippen LogP contribution is 2.30. The molecule has 1 aromatic heterocycles. The van der Waals surface area contributed by atoms with Crippen LogP contribution in [0.3, 0.4) is 0 Å². The van der Waals surface area contributed by atoms with Crippen LogP contribution in [0.25, 0.3) is 11.3 Å². The van der Waals surface area contributed by atoms with Gasteiger partial charge in [0, 0.05) is 16.0 Å². The molecule has 2 aromatic carbocycles. The highest BCUT2D eigenvalue weighted by molar-refractivity contribution is 7.14. The summed E-state index contributed by atoms with van der Waals surface area (Å²) in [5, 5.41) is 5.35. The van der Waals surface area contributed by atoms with Crippen LogP contribution in [-0.4, -0.2) is 34.2 Å². The van der Waals surface area contributed by atoms with Gasteiger partial charge in [0.05, 0.1) is 16.8 Å². The minimum absolute atomic E-state index is 0.318. The molecule has 0 saturated carbocycles. The third kappa shape index (κ3) is 3.30. The van der Waals surface area contributed by atoms with Gasteiger partial charge < -0.3 is 5.32 Å². The molecule has 4 rings (SSSR count). The summed E-state index contributed by atoms with van der Waals surface area (Å²) >= 11 is 7.41. The zero-order valence-electron chi connectivity index (χ0n) is 14.7. The molecular weight excluding hydrogens is 398 g/mol. The summed E-state index contributed by atoms with van der Waals surface area (Å²) in [7, 11) is 0. The van der Waals surface area contributed by atoms with Gasteiger partial charge in [0.15, 0.2) is 5.13 Å². The van der Waals surface area contributed by atoms with Gasteiger partial charge >= 0.3 is 0 Å². The maximum atomic E-state index is 12.5. The number of amides is 3. The van der Waals surface area contributed by atoms with Crippen LogP contribution in [0.15, 0.2) is 47.8 Å². The normalized spacial score (nSPS) is 13.0. The van der Waals surface area contributed by atoms with Gasteiger partial charge in [0.1, 0.15) is 6.54 Å². The van der Waals surface area contributed by atoms with Crippen molar-refractivity contribution >= 4 is 45.8 Å². The Kier molecular flexibility index (Phi) is 4.70. The Balaban J connectivity index is 1.47. The first-order valence-corrected chi connectivity index (χ1v) is 9.67. The highest BCUT2D eigenvalue weighted by Gasteiger charge is 2.36. The van der Waals surface area contributed by atoms with Crippen molar-refractivity contribution in [2.45, 2.75) is 6.92 Å². The summed E-state index contributed by atoms with van der Waals surface area (Å²) in [6.45, 7) is 1.47. The lowest BCUT2D eigenvalue weighted by molar-refractivity contribution is -0.116. The fraction of sp³-hybridized carbons (Fsp3) is 0.100. The third-order valence-electron chi connectivity index (χ3n) is 4.33. The molecule has 6 nitrogen and oxygen atoms in total. The van der Waals surface area contributed by atoms with E-state index in [2.05, 4.69) is 10.3 Å². The standard InChI is InChI=1S/C20H14ClN3O3S/c1-11-6-7-12-14(8-11)19(27)24(18(12)26)9-17(25)23-20-22-16(10-28-20)13-4-2-3-5-15(13)21/h2-8,10H,9H2,1H3,(H,22,23,25). The Labute approximate surface area is 169 Å². The SMILES string of the molecule is Cc1ccc2c(c1)C(=O)N(CC(=O)Nc1nc(-c3ccccc3Cl)cs1)C2=O. The van der Waals surface area contributed by atoms with E-state index >= 15 is 0 Å². The monoisotopic (exact) mass is 411 g/mol. The van der Waals surface area contributed by atoms with Crippen LogP contribution >= 0.6 is 22.9 Å². The molecule has 0 radical (unpaired) electrons. The first-order chi connectivity index (χ1) is 13.4. The number of aryl methyl sites for hydroxylation is 1. The van der Waals surface area contributed by atoms with E-state index in [1.807, 2.05) is 25.1 Å². The molecule has 0 atom stereocenters. The fourth-order valence-corrected chi connectivity index (χ4v) is 3.93. The second kappa shape index (κ2) is 7.18. The summed E-state index contributed by atoms with van der Waals surface area (Å²) in [4.78, 5) is 42.6. The number of fused-ring (bicyclic) bond motifs is 1. The van der Waals surface area contributed by atoms with Crippen molar-refractivity contribution in [3.63, 3.8) is 0 Å². The second-order valence-corrected chi connectivity index (χ2v) is 7.58. The zero-order valence-corrected chi connectivity index (χ0v) is 16.3. The topological polar surface area (TPSA) is 79.4 Å². The van der Waals surface area contributed by atoms with Gasteiger partial charge in [-0.05, 0) is 25.1 Å². The van der Waals surface area contributed by atoms with Crippen LogP contribution < -0.4 is 5.32 Å². The van der Waals surface area contributed by atoms with E-state index in [0.717, 1.165) is 16.0 Å². The number of imide groups is 1. The Bertz CT molecular complexity index is 1130. The Morgan fingerprint density at radius 1 is 1.11 bits per heavy atom. The molecule has 3 amide bonds. The Morgan fingerprint density at radius 3 is 2.64 bits per heavy atom.